The largest absolute Gasteiger partial charge is 0.349 e. The molecule has 1 saturated heterocycles. The van der Waals surface area contributed by atoms with E-state index in [0.717, 1.165) is 56.2 Å². The van der Waals surface area contributed by atoms with Gasteiger partial charge in [-0.05, 0) is 74.0 Å². The molecule has 0 aromatic heterocycles. The Morgan fingerprint density at radius 3 is 2.56 bits per heavy atom. The van der Waals surface area contributed by atoms with E-state index in [9.17, 15) is 4.79 Å². The van der Waals surface area contributed by atoms with Gasteiger partial charge in [-0.25, -0.2) is 0 Å². The zero-order valence-electron chi connectivity index (χ0n) is 15.7. The van der Waals surface area contributed by atoms with E-state index in [0.29, 0.717) is 0 Å². The highest BCUT2D eigenvalue weighted by Crippen LogP contribution is 2.30. The third-order valence-corrected chi connectivity index (χ3v) is 6.49. The summed E-state index contributed by atoms with van der Waals surface area (Å²) in [4.78, 5) is 15.3. The first kappa shape index (κ1) is 18.7. The second kappa shape index (κ2) is 8.57. The van der Waals surface area contributed by atoms with E-state index < -0.39 is 0 Å². The lowest BCUT2D eigenvalue weighted by molar-refractivity contribution is -0.127. The first-order valence-electron chi connectivity index (χ1n) is 10.0. The molecule has 2 aromatic rings. The number of nitrogens with zero attached hydrogens (tertiary/aromatic N) is 1. The minimum atomic E-state index is 0.153. The van der Waals surface area contributed by atoms with Gasteiger partial charge in [0.05, 0.1) is 6.04 Å². The second-order valence-corrected chi connectivity index (χ2v) is 8.74. The SMILES string of the molecule is O=C(NC1CCCc2ccccc21)C1CCN(Cc2ccc(Br)cc2)CC1. The molecular weight excluding hydrogens is 400 g/mol. The number of benzene rings is 2. The smallest absolute Gasteiger partial charge is 0.223 e. The fourth-order valence-corrected chi connectivity index (χ4v) is 4.66. The summed E-state index contributed by atoms with van der Waals surface area (Å²) < 4.78 is 1.12. The topological polar surface area (TPSA) is 32.3 Å². The molecule has 27 heavy (non-hydrogen) atoms. The summed E-state index contributed by atoms with van der Waals surface area (Å²) in [5, 5.41) is 3.35. The van der Waals surface area contributed by atoms with Crippen molar-refractivity contribution >= 4 is 21.8 Å². The summed E-state index contributed by atoms with van der Waals surface area (Å²) in [6.45, 7) is 2.96. The Hall–Kier alpha value is -1.65. The van der Waals surface area contributed by atoms with E-state index in [4.69, 9.17) is 0 Å². The number of piperidine rings is 1. The quantitative estimate of drug-likeness (QED) is 0.756. The summed E-state index contributed by atoms with van der Waals surface area (Å²) in [5.74, 6) is 0.403. The Labute approximate surface area is 170 Å². The predicted octanol–water partition coefficient (Wildman–Crippen LogP) is 4.85. The van der Waals surface area contributed by atoms with Crippen molar-refractivity contribution in [2.45, 2.75) is 44.7 Å². The number of fused-ring (bicyclic) bond motifs is 1. The molecule has 1 fully saturated rings. The first-order valence-corrected chi connectivity index (χ1v) is 10.8. The molecule has 0 bridgehead atoms. The van der Waals surface area contributed by atoms with Crippen molar-refractivity contribution in [2.24, 2.45) is 5.92 Å². The molecule has 1 N–H and O–H groups in total. The van der Waals surface area contributed by atoms with Crippen molar-refractivity contribution in [3.05, 3.63) is 69.7 Å². The zero-order valence-corrected chi connectivity index (χ0v) is 17.2. The monoisotopic (exact) mass is 426 g/mol. The maximum absolute atomic E-state index is 12.8. The molecule has 1 heterocycles. The Bertz CT molecular complexity index is 781. The van der Waals surface area contributed by atoms with Crippen LogP contribution in [0.1, 0.15) is 48.4 Å². The van der Waals surface area contributed by atoms with E-state index in [1.54, 1.807) is 0 Å². The van der Waals surface area contributed by atoms with Crippen LogP contribution in [0.4, 0.5) is 0 Å². The number of carbonyl (C=O) groups is 1. The number of hydrogen-bond donors (Lipinski definition) is 1. The molecule has 2 aromatic carbocycles. The molecular formula is C23H27BrN2O. The molecule has 0 saturated carbocycles. The van der Waals surface area contributed by atoms with E-state index in [1.165, 1.54) is 16.7 Å². The lowest BCUT2D eigenvalue weighted by atomic mass is 9.87. The van der Waals surface area contributed by atoms with Gasteiger partial charge in [0.1, 0.15) is 0 Å². The minimum Gasteiger partial charge on any atom is -0.349 e. The van der Waals surface area contributed by atoms with Crippen LogP contribution in [0.5, 0.6) is 0 Å². The molecule has 142 valence electrons. The standard InChI is InChI=1S/C23H27BrN2O/c24-20-10-8-17(9-11-20)16-26-14-12-19(13-15-26)23(27)25-22-7-3-5-18-4-1-2-6-21(18)22/h1-2,4,6,8-11,19,22H,3,5,7,12-16H2,(H,25,27). The molecule has 1 aliphatic heterocycles. The van der Waals surface area contributed by atoms with E-state index in [-0.39, 0.29) is 17.9 Å². The number of nitrogens with one attached hydrogen (secondary N) is 1. The second-order valence-electron chi connectivity index (χ2n) is 7.83. The van der Waals surface area contributed by atoms with Gasteiger partial charge in [-0.2, -0.15) is 0 Å². The molecule has 4 rings (SSSR count). The van der Waals surface area contributed by atoms with Crippen LogP contribution < -0.4 is 5.32 Å². The fraction of sp³-hybridized carbons (Fsp3) is 0.435. The third-order valence-electron chi connectivity index (χ3n) is 5.96. The van der Waals surface area contributed by atoms with Gasteiger partial charge in [-0.1, -0.05) is 52.3 Å². The van der Waals surface area contributed by atoms with Gasteiger partial charge in [0.25, 0.3) is 0 Å². The maximum Gasteiger partial charge on any atom is 0.223 e. The molecule has 1 unspecified atom stereocenters. The van der Waals surface area contributed by atoms with Crippen LogP contribution in [-0.2, 0) is 17.8 Å². The summed E-state index contributed by atoms with van der Waals surface area (Å²) in [6, 6.07) is 17.3. The summed E-state index contributed by atoms with van der Waals surface area (Å²) >= 11 is 3.49. The minimum absolute atomic E-state index is 0.153. The highest BCUT2D eigenvalue weighted by Gasteiger charge is 2.28. The van der Waals surface area contributed by atoms with Crippen molar-refractivity contribution in [1.29, 1.82) is 0 Å². The summed E-state index contributed by atoms with van der Waals surface area (Å²) in [6.07, 6.45) is 5.27. The number of likely N-dealkylation sites (tertiary alicyclic amines) is 1. The Morgan fingerprint density at radius 2 is 1.78 bits per heavy atom. The van der Waals surface area contributed by atoms with Gasteiger partial charge in [-0.3, -0.25) is 9.69 Å². The number of carbonyl (C=O) groups excluding carboxylic acids is 1. The lowest BCUT2D eigenvalue weighted by Gasteiger charge is -2.33. The predicted molar refractivity (Wildman–Crippen MR) is 112 cm³/mol. The first-order chi connectivity index (χ1) is 13.2. The van der Waals surface area contributed by atoms with Gasteiger partial charge in [0, 0.05) is 16.9 Å². The van der Waals surface area contributed by atoms with Gasteiger partial charge < -0.3 is 5.32 Å². The lowest BCUT2D eigenvalue weighted by Crippen LogP contribution is -2.41. The molecule has 0 radical (unpaired) electrons. The molecule has 1 aliphatic carbocycles. The molecule has 4 heteroatoms. The van der Waals surface area contributed by atoms with Crippen LogP contribution in [-0.4, -0.2) is 23.9 Å². The van der Waals surface area contributed by atoms with Crippen molar-refractivity contribution in [2.75, 3.05) is 13.1 Å². The molecule has 0 spiro atoms. The molecule has 3 nitrogen and oxygen atoms in total. The van der Waals surface area contributed by atoms with Crippen molar-refractivity contribution in [1.82, 2.24) is 10.2 Å². The van der Waals surface area contributed by atoms with Crippen LogP contribution in [0.15, 0.2) is 53.0 Å². The number of hydrogen-bond acceptors (Lipinski definition) is 2. The van der Waals surface area contributed by atoms with E-state index in [2.05, 4.69) is 74.7 Å². The maximum atomic E-state index is 12.8. The van der Waals surface area contributed by atoms with Gasteiger partial charge in [0.15, 0.2) is 0 Å². The van der Waals surface area contributed by atoms with Gasteiger partial charge in [-0.15, -0.1) is 0 Å². The number of rotatable bonds is 4. The van der Waals surface area contributed by atoms with Crippen LogP contribution in [0.2, 0.25) is 0 Å². The Morgan fingerprint density at radius 1 is 1.04 bits per heavy atom. The van der Waals surface area contributed by atoms with E-state index >= 15 is 0 Å². The number of halogens is 1. The van der Waals surface area contributed by atoms with Crippen LogP contribution >= 0.6 is 15.9 Å². The van der Waals surface area contributed by atoms with Gasteiger partial charge in [0.2, 0.25) is 5.91 Å². The average molecular weight is 427 g/mol. The average Bonchev–Trinajstić information content (AvgIpc) is 2.70. The molecule has 2 aliphatic rings. The molecule has 1 amide bonds. The van der Waals surface area contributed by atoms with Crippen molar-refractivity contribution in [3.63, 3.8) is 0 Å². The fourth-order valence-electron chi connectivity index (χ4n) is 4.39. The highest BCUT2D eigenvalue weighted by molar-refractivity contribution is 9.10. The molecule has 1 atom stereocenters. The summed E-state index contributed by atoms with van der Waals surface area (Å²) in [5.41, 5.74) is 4.06. The summed E-state index contributed by atoms with van der Waals surface area (Å²) in [7, 11) is 0. The zero-order chi connectivity index (χ0) is 18.6. The van der Waals surface area contributed by atoms with E-state index in [1.807, 2.05) is 0 Å². The van der Waals surface area contributed by atoms with Crippen molar-refractivity contribution < 1.29 is 4.79 Å². The van der Waals surface area contributed by atoms with Crippen molar-refractivity contribution in [3.8, 4) is 0 Å². The Kier molecular flexibility index (Phi) is 5.94. The van der Waals surface area contributed by atoms with Crippen LogP contribution in [0.3, 0.4) is 0 Å². The third kappa shape index (κ3) is 4.61. The number of amides is 1. The van der Waals surface area contributed by atoms with Crippen LogP contribution in [0.25, 0.3) is 0 Å². The number of aryl methyl sites for hydroxylation is 1. The Balaban J connectivity index is 1.30. The highest BCUT2D eigenvalue weighted by atomic mass is 79.9. The van der Waals surface area contributed by atoms with Gasteiger partial charge >= 0.3 is 0 Å². The van der Waals surface area contributed by atoms with Crippen LogP contribution in [0, 0.1) is 5.92 Å². The normalized spacial score (nSPS) is 20.9.